The van der Waals surface area contributed by atoms with Gasteiger partial charge in [-0.25, -0.2) is 0 Å². The maximum atomic E-state index is 10.8. The van der Waals surface area contributed by atoms with Gasteiger partial charge in [-0.1, -0.05) is 30.3 Å². The Balaban J connectivity index is 2.57. The van der Waals surface area contributed by atoms with E-state index in [1.807, 2.05) is 30.3 Å². The molecule has 1 heterocycles. The number of carbonyl (C=O) groups is 1. The molecule has 0 aliphatic heterocycles. The Morgan fingerprint density at radius 2 is 1.93 bits per heavy atom. The number of pyridine rings is 1. The molecule has 1 aromatic heterocycles. The van der Waals surface area contributed by atoms with Gasteiger partial charge in [0.05, 0.1) is 0 Å². The molecule has 2 aromatic rings. The Bertz CT molecular complexity index is 437. The van der Waals surface area contributed by atoms with Crippen LogP contribution in [0.2, 0.25) is 0 Å². The highest BCUT2D eigenvalue weighted by atomic mass is 16.1. The van der Waals surface area contributed by atoms with Crippen LogP contribution in [0.4, 0.5) is 0 Å². The van der Waals surface area contributed by atoms with E-state index in [0.717, 1.165) is 17.4 Å². The van der Waals surface area contributed by atoms with Gasteiger partial charge in [0.1, 0.15) is 0 Å². The lowest BCUT2D eigenvalue weighted by Crippen LogP contribution is -1.86. The summed E-state index contributed by atoms with van der Waals surface area (Å²) in [6, 6.07) is 11.3. The van der Waals surface area contributed by atoms with E-state index in [0.29, 0.717) is 5.56 Å². The molecule has 1 aromatic carbocycles. The third kappa shape index (κ3) is 1.55. The second-order valence-electron chi connectivity index (χ2n) is 2.95. The second kappa shape index (κ2) is 3.83. The highest BCUT2D eigenvalue weighted by molar-refractivity contribution is 5.87. The Morgan fingerprint density at radius 3 is 2.64 bits per heavy atom. The fourth-order valence-corrected chi connectivity index (χ4v) is 1.38. The zero-order valence-corrected chi connectivity index (χ0v) is 7.55. The first-order valence-corrected chi connectivity index (χ1v) is 4.36. The third-order valence-corrected chi connectivity index (χ3v) is 2.06. The van der Waals surface area contributed by atoms with E-state index in [1.54, 1.807) is 18.5 Å². The molecular formula is C12H9NO. The van der Waals surface area contributed by atoms with E-state index in [9.17, 15) is 4.79 Å². The van der Waals surface area contributed by atoms with Gasteiger partial charge in [0.25, 0.3) is 0 Å². The molecule has 0 saturated heterocycles. The predicted molar refractivity (Wildman–Crippen MR) is 55.1 cm³/mol. The number of hydrogen-bond acceptors (Lipinski definition) is 2. The third-order valence-electron chi connectivity index (χ3n) is 2.06. The largest absolute Gasteiger partial charge is 0.298 e. The molecule has 0 aliphatic rings. The monoisotopic (exact) mass is 183 g/mol. The van der Waals surface area contributed by atoms with E-state index >= 15 is 0 Å². The number of nitrogens with zero attached hydrogens (tertiary/aromatic N) is 1. The number of aromatic nitrogens is 1. The molecule has 0 saturated carbocycles. The summed E-state index contributed by atoms with van der Waals surface area (Å²) in [5.41, 5.74) is 2.59. The van der Waals surface area contributed by atoms with Gasteiger partial charge in [-0.2, -0.15) is 0 Å². The van der Waals surface area contributed by atoms with Gasteiger partial charge in [0.2, 0.25) is 0 Å². The number of benzene rings is 1. The molecule has 0 bridgehead atoms. The molecule has 0 N–H and O–H groups in total. The highest BCUT2D eigenvalue weighted by Gasteiger charge is 2.01. The highest BCUT2D eigenvalue weighted by Crippen LogP contribution is 2.20. The summed E-state index contributed by atoms with van der Waals surface area (Å²) in [7, 11) is 0. The Morgan fingerprint density at radius 1 is 1.07 bits per heavy atom. The predicted octanol–water partition coefficient (Wildman–Crippen LogP) is 2.56. The second-order valence-corrected chi connectivity index (χ2v) is 2.95. The zero-order chi connectivity index (χ0) is 9.80. The topological polar surface area (TPSA) is 30.0 Å². The average molecular weight is 183 g/mol. The maximum Gasteiger partial charge on any atom is 0.150 e. The van der Waals surface area contributed by atoms with Gasteiger partial charge in [-0.3, -0.25) is 9.78 Å². The van der Waals surface area contributed by atoms with Crippen molar-refractivity contribution in [1.82, 2.24) is 4.98 Å². The minimum atomic E-state index is 0.695. The zero-order valence-electron chi connectivity index (χ0n) is 7.55. The molecular weight excluding hydrogens is 174 g/mol. The molecule has 14 heavy (non-hydrogen) atoms. The summed E-state index contributed by atoms with van der Waals surface area (Å²) in [6.45, 7) is 0. The van der Waals surface area contributed by atoms with Crippen molar-refractivity contribution in [3.8, 4) is 11.1 Å². The Kier molecular flexibility index (Phi) is 2.36. The van der Waals surface area contributed by atoms with E-state index in [4.69, 9.17) is 0 Å². The van der Waals surface area contributed by atoms with Crippen LogP contribution >= 0.6 is 0 Å². The van der Waals surface area contributed by atoms with Crippen molar-refractivity contribution in [2.24, 2.45) is 0 Å². The molecule has 0 amide bonds. The molecule has 0 fully saturated rings. The van der Waals surface area contributed by atoms with Crippen LogP contribution in [0.3, 0.4) is 0 Å². The van der Waals surface area contributed by atoms with E-state index < -0.39 is 0 Å². The summed E-state index contributed by atoms with van der Waals surface area (Å²) >= 11 is 0. The summed E-state index contributed by atoms with van der Waals surface area (Å²) in [4.78, 5) is 14.8. The normalized spacial score (nSPS) is 9.71. The number of carbonyl (C=O) groups excluding carboxylic acids is 1. The maximum absolute atomic E-state index is 10.8. The first-order valence-electron chi connectivity index (χ1n) is 4.36. The molecule has 0 atom stereocenters. The van der Waals surface area contributed by atoms with E-state index in [1.165, 1.54) is 0 Å². The van der Waals surface area contributed by atoms with Crippen molar-refractivity contribution in [1.29, 1.82) is 0 Å². The molecule has 2 heteroatoms. The van der Waals surface area contributed by atoms with Crippen LogP contribution < -0.4 is 0 Å². The van der Waals surface area contributed by atoms with Crippen LogP contribution in [0.1, 0.15) is 10.4 Å². The minimum Gasteiger partial charge on any atom is -0.298 e. The minimum absolute atomic E-state index is 0.695. The van der Waals surface area contributed by atoms with Crippen molar-refractivity contribution in [3.05, 3.63) is 54.4 Å². The van der Waals surface area contributed by atoms with Gasteiger partial charge >= 0.3 is 0 Å². The lowest BCUT2D eigenvalue weighted by Gasteiger charge is -2.02. The number of rotatable bonds is 2. The molecule has 0 unspecified atom stereocenters. The van der Waals surface area contributed by atoms with Crippen LogP contribution in [-0.2, 0) is 0 Å². The van der Waals surface area contributed by atoms with Crippen LogP contribution in [0.5, 0.6) is 0 Å². The van der Waals surface area contributed by atoms with Gasteiger partial charge in [0.15, 0.2) is 6.29 Å². The molecule has 68 valence electrons. The van der Waals surface area contributed by atoms with Gasteiger partial charge in [0, 0.05) is 23.5 Å². The van der Waals surface area contributed by atoms with Crippen LogP contribution in [-0.4, -0.2) is 11.3 Å². The molecule has 2 rings (SSSR count). The Hall–Kier alpha value is -1.96. The van der Waals surface area contributed by atoms with E-state index in [-0.39, 0.29) is 0 Å². The fourth-order valence-electron chi connectivity index (χ4n) is 1.38. The molecule has 2 nitrogen and oxygen atoms in total. The smallest absolute Gasteiger partial charge is 0.150 e. The molecule has 0 spiro atoms. The number of aldehydes is 1. The molecule has 0 aliphatic carbocycles. The summed E-state index contributed by atoms with van der Waals surface area (Å²) in [5, 5.41) is 0. The van der Waals surface area contributed by atoms with Crippen molar-refractivity contribution in [2.75, 3.05) is 0 Å². The van der Waals surface area contributed by atoms with Gasteiger partial charge in [-0.05, 0) is 11.6 Å². The standard InChI is InChI=1S/C12H9NO/c14-9-11-4-1-2-6-12(11)10-5-3-7-13-8-10/h1-9H. The van der Waals surface area contributed by atoms with Crippen molar-refractivity contribution in [2.45, 2.75) is 0 Å². The van der Waals surface area contributed by atoms with Gasteiger partial charge < -0.3 is 0 Å². The summed E-state index contributed by atoms with van der Waals surface area (Å²) in [6.07, 6.45) is 4.33. The van der Waals surface area contributed by atoms with Crippen LogP contribution in [0.25, 0.3) is 11.1 Å². The van der Waals surface area contributed by atoms with Crippen molar-refractivity contribution in [3.63, 3.8) is 0 Å². The fraction of sp³-hybridized carbons (Fsp3) is 0. The first kappa shape index (κ1) is 8.63. The van der Waals surface area contributed by atoms with Crippen LogP contribution in [0, 0.1) is 0 Å². The van der Waals surface area contributed by atoms with Crippen molar-refractivity contribution < 1.29 is 4.79 Å². The van der Waals surface area contributed by atoms with Crippen LogP contribution in [0.15, 0.2) is 48.8 Å². The quantitative estimate of drug-likeness (QED) is 0.670. The lowest BCUT2D eigenvalue weighted by molar-refractivity contribution is 0.112. The van der Waals surface area contributed by atoms with Crippen molar-refractivity contribution >= 4 is 6.29 Å². The summed E-state index contributed by atoms with van der Waals surface area (Å²) in [5.74, 6) is 0. The Labute approximate surface area is 82.2 Å². The lowest BCUT2D eigenvalue weighted by atomic mass is 10.0. The molecule has 0 radical (unpaired) electrons. The van der Waals surface area contributed by atoms with E-state index in [2.05, 4.69) is 4.98 Å². The SMILES string of the molecule is O=Cc1ccccc1-c1cccnc1. The number of hydrogen-bond donors (Lipinski definition) is 0. The average Bonchev–Trinajstić information content (AvgIpc) is 2.30. The van der Waals surface area contributed by atoms with Gasteiger partial charge in [-0.15, -0.1) is 0 Å². The first-order chi connectivity index (χ1) is 6.92. The summed E-state index contributed by atoms with van der Waals surface area (Å²) < 4.78 is 0.